The molecule has 1 aromatic rings. The number of hydrogen-bond donors (Lipinski definition) is 0. The lowest BCUT2D eigenvalue weighted by Gasteiger charge is -2.18. The van der Waals surface area contributed by atoms with Crippen molar-refractivity contribution in [3.63, 3.8) is 0 Å². The van der Waals surface area contributed by atoms with Gasteiger partial charge in [-0.3, -0.25) is 4.79 Å². The molecule has 26 heavy (non-hydrogen) atoms. The smallest absolute Gasteiger partial charge is 0.273 e. The second-order valence-corrected chi connectivity index (χ2v) is 7.64. The maximum atomic E-state index is 12.8. The van der Waals surface area contributed by atoms with Gasteiger partial charge in [-0.15, -0.1) is 0 Å². The van der Waals surface area contributed by atoms with Crippen LogP contribution >= 0.6 is 0 Å². The molecule has 2 rings (SSSR count). The van der Waals surface area contributed by atoms with E-state index in [0.717, 1.165) is 5.56 Å². The Morgan fingerprint density at radius 3 is 2.50 bits per heavy atom. The Hall–Kier alpha value is -2.68. The fraction of sp³-hybridized carbons (Fsp3) is 0.190. The summed E-state index contributed by atoms with van der Waals surface area (Å²) in [6.07, 6.45) is 12.0. The number of nitrogens with zero attached hydrogens (tertiary/aromatic N) is 1. The van der Waals surface area contributed by atoms with Crippen molar-refractivity contribution >= 4 is 15.8 Å². The maximum absolute atomic E-state index is 12.8. The summed E-state index contributed by atoms with van der Waals surface area (Å²) in [5, 5.41) is 0. The molecular formula is C21H22NO3S+. The minimum Gasteiger partial charge on any atom is -0.273 e. The molecule has 1 aliphatic rings. The zero-order valence-electron chi connectivity index (χ0n) is 14.9. The van der Waals surface area contributed by atoms with Crippen molar-refractivity contribution in [3.05, 3.63) is 77.9 Å². The van der Waals surface area contributed by atoms with Crippen LogP contribution in [0.4, 0.5) is 0 Å². The van der Waals surface area contributed by atoms with E-state index in [0.29, 0.717) is 5.57 Å². The molecule has 0 saturated heterocycles. The first-order chi connectivity index (χ1) is 12.4. The number of hydrogen-bond acceptors (Lipinski definition) is 2. The summed E-state index contributed by atoms with van der Waals surface area (Å²) in [5.74, 6) is 5.81. The van der Waals surface area contributed by atoms with E-state index in [9.17, 15) is 13.2 Å². The zero-order valence-corrected chi connectivity index (χ0v) is 15.7. The van der Waals surface area contributed by atoms with Crippen LogP contribution in [0.2, 0.25) is 0 Å². The monoisotopic (exact) mass is 368 g/mol. The summed E-state index contributed by atoms with van der Waals surface area (Å²) < 4.78 is 27.0. The van der Waals surface area contributed by atoms with E-state index in [1.54, 1.807) is 66.8 Å². The predicted molar refractivity (Wildman–Crippen MR) is 106 cm³/mol. The van der Waals surface area contributed by atoms with E-state index in [4.69, 9.17) is 0 Å². The average molecular weight is 368 g/mol. The SMILES string of the molecule is C/C=C/CN(CC#C/C=C1/C=CC=CC1=[OH+])S(=O)(=O)c1ccc(C)cc1. The van der Waals surface area contributed by atoms with Gasteiger partial charge < -0.3 is 0 Å². The normalized spacial score (nSPS) is 15.7. The number of ketones is 1. The molecule has 5 heteroatoms. The molecule has 0 spiro atoms. The van der Waals surface area contributed by atoms with Crippen LogP contribution in [0.25, 0.3) is 0 Å². The molecule has 0 bridgehead atoms. The van der Waals surface area contributed by atoms with E-state index in [-0.39, 0.29) is 23.8 Å². The van der Waals surface area contributed by atoms with E-state index in [1.165, 1.54) is 4.31 Å². The van der Waals surface area contributed by atoms with Gasteiger partial charge in [0.05, 0.1) is 17.0 Å². The molecule has 0 unspecified atom stereocenters. The summed E-state index contributed by atoms with van der Waals surface area (Å²) in [7, 11) is -3.63. The molecule has 0 fully saturated rings. The first-order valence-corrected chi connectivity index (χ1v) is 9.66. The van der Waals surface area contributed by atoms with Crippen molar-refractivity contribution in [2.24, 2.45) is 0 Å². The molecule has 4 nitrogen and oxygen atoms in total. The fourth-order valence-corrected chi connectivity index (χ4v) is 3.50. The van der Waals surface area contributed by atoms with Gasteiger partial charge in [-0.1, -0.05) is 53.8 Å². The van der Waals surface area contributed by atoms with Gasteiger partial charge in [0, 0.05) is 18.7 Å². The number of allylic oxidation sites excluding steroid dienone is 7. The Bertz CT molecular complexity index is 937. The van der Waals surface area contributed by atoms with Gasteiger partial charge in [0.1, 0.15) is 0 Å². The molecule has 1 N–H and O–H groups in total. The number of aryl methyl sites for hydroxylation is 1. The highest BCUT2D eigenvalue weighted by Gasteiger charge is 2.22. The molecule has 134 valence electrons. The molecule has 0 aromatic heterocycles. The van der Waals surface area contributed by atoms with Crippen LogP contribution in [-0.2, 0) is 10.0 Å². The molecule has 0 amide bonds. The Morgan fingerprint density at radius 1 is 1.15 bits per heavy atom. The number of sulfonamides is 1. The van der Waals surface area contributed by atoms with Gasteiger partial charge in [-0.05, 0) is 32.1 Å². The average Bonchev–Trinajstić information content (AvgIpc) is 2.62. The van der Waals surface area contributed by atoms with Gasteiger partial charge in [0.25, 0.3) is 0 Å². The maximum Gasteiger partial charge on any atom is 0.347 e. The Balaban J connectivity index is 2.20. The topological polar surface area (TPSA) is 58.8 Å². The standard InChI is InChI=1S/C21H21NO3S/c1-3-4-16-22(26(24,25)20-14-12-18(2)13-15-20)17-8-7-10-19-9-5-6-11-21(19)23/h3-6,9-15H,16-17H2,1-2H3/p+1/b4-3+,19-10-. The molecule has 1 aliphatic carbocycles. The van der Waals surface area contributed by atoms with E-state index < -0.39 is 10.0 Å². The van der Waals surface area contributed by atoms with Crippen LogP contribution in [0.3, 0.4) is 0 Å². The summed E-state index contributed by atoms with van der Waals surface area (Å²) in [5.41, 5.74) is 1.60. The van der Waals surface area contributed by atoms with Gasteiger partial charge >= 0.3 is 5.78 Å². The second-order valence-electron chi connectivity index (χ2n) is 5.70. The third kappa shape index (κ3) is 5.16. The quantitative estimate of drug-likeness (QED) is 0.347. The first kappa shape index (κ1) is 19.6. The molecule has 1 aromatic carbocycles. The van der Waals surface area contributed by atoms with Crippen molar-refractivity contribution in [1.29, 1.82) is 0 Å². The highest BCUT2D eigenvalue weighted by molar-refractivity contribution is 7.89. The molecular weight excluding hydrogens is 346 g/mol. The Morgan fingerprint density at radius 2 is 1.85 bits per heavy atom. The minimum absolute atomic E-state index is 0.0602. The summed E-state index contributed by atoms with van der Waals surface area (Å²) in [4.78, 5) is 9.97. The first-order valence-electron chi connectivity index (χ1n) is 8.22. The van der Waals surface area contributed by atoms with E-state index in [2.05, 4.69) is 11.8 Å². The van der Waals surface area contributed by atoms with Gasteiger partial charge in [-0.2, -0.15) is 4.31 Å². The summed E-state index contributed by atoms with van der Waals surface area (Å²) in [6.45, 7) is 4.06. The lowest BCUT2D eigenvalue weighted by molar-refractivity contribution is 0.478. The van der Waals surface area contributed by atoms with E-state index in [1.807, 2.05) is 13.8 Å². The number of carbonyl (C=O) groups excluding carboxylic acids is 1. The second kappa shape index (κ2) is 9.14. The third-order valence-electron chi connectivity index (χ3n) is 3.73. The Kier molecular flexibility index (Phi) is 6.90. The minimum atomic E-state index is -3.63. The Labute approximate surface area is 155 Å². The molecule has 0 heterocycles. The van der Waals surface area contributed by atoms with Crippen molar-refractivity contribution < 1.29 is 13.2 Å². The molecule has 0 aliphatic heterocycles. The van der Waals surface area contributed by atoms with Crippen LogP contribution < -0.4 is 0 Å². The summed E-state index contributed by atoms with van der Waals surface area (Å²) in [6, 6.07) is 6.76. The van der Waals surface area contributed by atoms with Crippen molar-refractivity contribution in [1.82, 2.24) is 4.31 Å². The lowest BCUT2D eigenvalue weighted by atomic mass is 10.1. The van der Waals surface area contributed by atoms with Gasteiger partial charge in [0.2, 0.25) is 10.0 Å². The molecule has 0 radical (unpaired) electrons. The van der Waals surface area contributed by atoms with Gasteiger partial charge in [0.15, 0.2) is 0 Å². The van der Waals surface area contributed by atoms with Crippen molar-refractivity contribution in [3.8, 4) is 11.8 Å². The van der Waals surface area contributed by atoms with Crippen LogP contribution in [0.5, 0.6) is 0 Å². The van der Waals surface area contributed by atoms with Crippen LogP contribution in [0.1, 0.15) is 12.5 Å². The summed E-state index contributed by atoms with van der Waals surface area (Å²) >= 11 is 0. The van der Waals surface area contributed by atoms with Gasteiger partial charge in [-0.25, -0.2) is 8.42 Å². The third-order valence-corrected chi connectivity index (χ3v) is 5.55. The lowest BCUT2D eigenvalue weighted by Crippen LogP contribution is -2.31. The number of rotatable bonds is 5. The van der Waals surface area contributed by atoms with Crippen LogP contribution in [0.15, 0.2) is 77.3 Å². The van der Waals surface area contributed by atoms with E-state index >= 15 is 0 Å². The van der Waals surface area contributed by atoms with Crippen LogP contribution in [0, 0.1) is 18.8 Å². The zero-order chi connectivity index (χ0) is 19.0. The largest absolute Gasteiger partial charge is 0.347 e. The van der Waals surface area contributed by atoms with Crippen molar-refractivity contribution in [2.75, 3.05) is 13.1 Å². The highest BCUT2D eigenvalue weighted by atomic mass is 32.2. The fourth-order valence-electron chi connectivity index (χ4n) is 2.20. The molecule has 0 saturated carbocycles. The molecule has 0 atom stereocenters. The number of benzene rings is 1. The highest BCUT2D eigenvalue weighted by Crippen LogP contribution is 2.16. The van der Waals surface area contributed by atoms with Crippen molar-refractivity contribution in [2.45, 2.75) is 18.7 Å². The van der Waals surface area contributed by atoms with Crippen LogP contribution in [-0.4, -0.2) is 36.4 Å². The predicted octanol–water partition coefficient (Wildman–Crippen LogP) is 3.16.